The van der Waals surface area contributed by atoms with Gasteiger partial charge in [-0.25, -0.2) is 4.98 Å². The fourth-order valence-electron chi connectivity index (χ4n) is 2.98. The summed E-state index contributed by atoms with van der Waals surface area (Å²) in [5, 5.41) is 0.677. The van der Waals surface area contributed by atoms with E-state index in [4.69, 9.17) is 9.47 Å². The Morgan fingerprint density at radius 3 is 2.65 bits per heavy atom. The van der Waals surface area contributed by atoms with Gasteiger partial charge in [0, 0.05) is 35.9 Å². The second-order valence-corrected chi connectivity index (χ2v) is 6.87. The van der Waals surface area contributed by atoms with Crippen molar-refractivity contribution in [3.05, 3.63) is 53.2 Å². The summed E-state index contributed by atoms with van der Waals surface area (Å²) in [4.78, 5) is 20.9. The van der Waals surface area contributed by atoms with Gasteiger partial charge in [0.1, 0.15) is 5.82 Å². The van der Waals surface area contributed by atoms with Crippen molar-refractivity contribution >= 4 is 21.4 Å². The summed E-state index contributed by atoms with van der Waals surface area (Å²) in [5.41, 5.74) is 1.89. The zero-order valence-corrected chi connectivity index (χ0v) is 15.4. The first kappa shape index (κ1) is 16.4. The number of H-pyrrole nitrogens is 1. The number of pyridine rings is 1. The molecular weight excluding hydrogens is 350 g/mol. The number of imidazole rings is 1. The molecule has 7 heteroatoms. The Bertz CT molecular complexity index is 1140. The van der Waals surface area contributed by atoms with E-state index in [1.807, 2.05) is 30.5 Å². The van der Waals surface area contributed by atoms with Crippen LogP contribution in [0.1, 0.15) is 0 Å². The van der Waals surface area contributed by atoms with Gasteiger partial charge >= 0.3 is 0 Å². The summed E-state index contributed by atoms with van der Waals surface area (Å²) in [6, 6.07) is 7.65. The summed E-state index contributed by atoms with van der Waals surface area (Å²) in [6.07, 6.45) is 5.33. The average molecular weight is 367 g/mol. The lowest BCUT2D eigenvalue weighted by molar-refractivity contribution is 0.355. The van der Waals surface area contributed by atoms with Gasteiger partial charge in [-0.15, -0.1) is 11.3 Å². The first-order valence-electron chi connectivity index (χ1n) is 7.97. The number of benzene rings is 1. The monoisotopic (exact) mass is 367 g/mol. The molecule has 0 bridgehead atoms. The van der Waals surface area contributed by atoms with Gasteiger partial charge in [-0.05, 0) is 23.8 Å². The second kappa shape index (κ2) is 6.34. The van der Waals surface area contributed by atoms with Crippen LogP contribution >= 0.6 is 11.3 Å². The lowest BCUT2D eigenvalue weighted by Gasteiger charge is -2.11. The van der Waals surface area contributed by atoms with Crippen LogP contribution < -0.4 is 15.0 Å². The fraction of sp³-hybridized carbons (Fsp3) is 0.158. The smallest absolute Gasteiger partial charge is 0.259 e. The van der Waals surface area contributed by atoms with Gasteiger partial charge in [0.25, 0.3) is 5.56 Å². The molecule has 3 aromatic heterocycles. The molecular formula is C19H17N3O3S. The molecule has 0 saturated carbocycles. The van der Waals surface area contributed by atoms with E-state index in [9.17, 15) is 4.79 Å². The molecule has 0 amide bonds. The number of fused-ring (bicyclic) bond motifs is 1. The third-order valence-corrected chi connectivity index (χ3v) is 5.45. The van der Waals surface area contributed by atoms with Crippen molar-refractivity contribution < 1.29 is 9.47 Å². The van der Waals surface area contributed by atoms with Crippen LogP contribution in [-0.2, 0) is 7.05 Å². The SMILES string of the molecule is COc1ccc(-c2cn(C)c(=O)c3cc(-c4ncc[nH]4)sc23)cc1OC. The minimum atomic E-state index is -0.0294. The number of nitrogens with one attached hydrogen (secondary N) is 1. The zero-order chi connectivity index (χ0) is 18.3. The number of hydrogen-bond donors (Lipinski definition) is 1. The van der Waals surface area contributed by atoms with Crippen molar-refractivity contribution in [1.29, 1.82) is 0 Å². The summed E-state index contributed by atoms with van der Waals surface area (Å²) in [7, 11) is 4.98. The van der Waals surface area contributed by atoms with Crippen molar-refractivity contribution in [2.75, 3.05) is 14.2 Å². The molecule has 0 saturated heterocycles. The molecule has 4 aromatic rings. The maximum Gasteiger partial charge on any atom is 0.259 e. The van der Waals surface area contributed by atoms with Gasteiger partial charge in [0.05, 0.1) is 24.5 Å². The van der Waals surface area contributed by atoms with Gasteiger partial charge in [-0.3, -0.25) is 4.79 Å². The van der Waals surface area contributed by atoms with Crippen LogP contribution in [0.15, 0.2) is 47.7 Å². The number of rotatable bonds is 4. The third-order valence-electron chi connectivity index (χ3n) is 4.28. The van der Waals surface area contributed by atoms with E-state index in [1.165, 1.54) is 0 Å². The number of aryl methyl sites for hydroxylation is 1. The number of hydrogen-bond acceptors (Lipinski definition) is 5. The van der Waals surface area contributed by atoms with E-state index in [0.29, 0.717) is 16.9 Å². The van der Waals surface area contributed by atoms with Crippen LogP contribution in [0, 0.1) is 0 Å². The Labute approximate surface area is 153 Å². The van der Waals surface area contributed by atoms with Crippen molar-refractivity contribution in [2.45, 2.75) is 0 Å². The van der Waals surface area contributed by atoms with E-state index in [-0.39, 0.29) is 5.56 Å². The van der Waals surface area contributed by atoms with Crippen LogP contribution in [0.5, 0.6) is 11.5 Å². The highest BCUT2D eigenvalue weighted by Crippen LogP contribution is 2.39. The molecule has 0 unspecified atom stereocenters. The average Bonchev–Trinajstić information content (AvgIpc) is 3.33. The Balaban J connectivity index is 1.98. The fourth-order valence-corrected chi connectivity index (χ4v) is 4.12. The lowest BCUT2D eigenvalue weighted by Crippen LogP contribution is -2.15. The van der Waals surface area contributed by atoms with Crippen molar-refractivity contribution in [1.82, 2.24) is 14.5 Å². The van der Waals surface area contributed by atoms with Gasteiger partial charge in [0.15, 0.2) is 11.5 Å². The highest BCUT2D eigenvalue weighted by molar-refractivity contribution is 7.22. The normalized spacial score (nSPS) is 11.0. The standard InChI is InChI=1S/C19H17N3O3S/c1-22-10-13(11-4-5-14(24-2)15(8-11)25-3)17-12(19(22)23)9-16(26-17)18-20-6-7-21-18/h4-10H,1-3H3,(H,20,21). The van der Waals surface area contributed by atoms with E-state index in [0.717, 1.165) is 26.5 Å². The zero-order valence-electron chi connectivity index (χ0n) is 14.6. The van der Waals surface area contributed by atoms with E-state index in [1.54, 1.807) is 49.6 Å². The third kappa shape index (κ3) is 2.57. The molecule has 4 rings (SSSR count). The topological polar surface area (TPSA) is 69.1 Å². The number of aromatic amines is 1. The maximum absolute atomic E-state index is 12.6. The number of ether oxygens (including phenoxy) is 2. The minimum absolute atomic E-state index is 0.0294. The van der Waals surface area contributed by atoms with Crippen LogP contribution in [-0.4, -0.2) is 28.8 Å². The summed E-state index contributed by atoms with van der Waals surface area (Å²) in [5.74, 6) is 2.07. The summed E-state index contributed by atoms with van der Waals surface area (Å²) < 4.78 is 13.3. The number of methoxy groups -OCH3 is 2. The Morgan fingerprint density at radius 2 is 1.96 bits per heavy atom. The van der Waals surface area contributed by atoms with Crippen LogP contribution in [0.25, 0.3) is 31.9 Å². The van der Waals surface area contributed by atoms with Crippen molar-refractivity contribution in [2.24, 2.45) is 7.05 Å². The molecule has 132 valence electrons. The predicted molar refractivity (Wildman–Crippen MR) is 103 cm³/mol. The molecule has 0 aliphatic heterocycles. The predicted octanol–water partition coefficient (Wildman–Crippen LogP) is 3.67. The molecule has 26 heavy (non-hydrogen) atoms. The first-order valence-corrected chi connectivity index (χ1v) is 8.79. The Morgan fingerprint density at radius 1 is 1.15 bits per heavy atom. The molecule has 6 nitrogen and oxygen atoms in total. The number of nitrogens with zero attached hydrogens (tertiary/aromatic N) is 2. The molecule has 1 N–H and O–H groups in total. The number of aromatic nitrogens is 3. The molecule has 0 aliphatic rings. The van der Waals surface area contributed by atoms with E-state index in [2.05, 4.69) is 9.97 Å². The van der Waals surface area contributed by atoms with Gasteiger partial charge in [-0.2, -0.15) is 0 Å². The van der Waals surface area contributed by atoms with Crippen LogP contribution in [0.3, 0.4) is 0 Å². The first-order chi connectivity index (χ1) is 12.6. The van der Waals surface area contributed by atoms with E-state index < -0.39 is 0 Å². The van der Waals surface area contributed by atoms with Gasteiger partial charge in [-0.1, -0.05) is 6.07 Å². The highest BCUT2D eigenvalue weighted by atomic mass is 32.1. The quantitative estimate of drug-likeness (QED) is 0.597. The van der Waals surface area contributed by atoms with E-state index >= 15 is 0 Å². The van der Waals surface area contributed by atoms with Crippen LogP contribution in [0.2, 0.25) is 0 Å². The summed E-state index contributed by atoms with van der Waals surface area (Å²) >= 11 is 1.54. The molecule has 0 fully saturated rings. The van der Waals surface area contributed by atoms with Crippen molar-refractivity contribution in [3.63, 3.8) is 0 Å². The second-order valence-electron chi connectivity index (χ2n) is 5.82. The van der Waals surface area contributed by atoms with Crippen molar-refractivity contribution in [3.8, 4) is 33.3 Å². The van der Waals surface area contributed by atoms with Crippen LogP contribution in [0.4, 0.5) is 0 Å². The highest BCUT2D eigenvalue weighted by Gasteiger charge is 2.16. The Kier molecular flexibility index (Phi) is 4.00. The largest absolute Gasteiger partial charge is 0.493 e. The summed E-state index contributed by atoms with van der Waals surface area (Å²) in [6.45, 7) is 0. The minimum Gasteiger partial charge on any atom is -0.493 e. The number of thiophene rings is 1. The molecule has 0 atom stereocenters. The molecule has 0 aliphatic carbocycles. The molecule has 1 aromatic carbocycles. The molecule has 0 radical (unpaired) electrons. The molecule has 0 spiro atoms. The Hall–Kier alpha value is -3.06. The van der Waals surface area contributed by atoms with Gasteiger partial charge in [0.2, 0.25) is 0 Å². The molecule has 3 heterocycles. The maximum atomic E-state index is 12.6. The van der Waals surface area contributed by atoms with Gasteiger partial charge < -0.3 is 19.0 Å². The lowest BCUT2D eigenvalue weighted by atomic mass is 10.1.